The van der Waals surface area contributed by atoms with E-state index in [1.807, 2.05) is 0 Å². The first-order chi connectivity index (χ1) is 9.36. The third kappa shape index (κ3) is 1.79. The molecule has 3 nitrogen and oxygen atoms in total. The SMILES string of the molecule is CNC1CC2CCC(C1)N2C1COc2ccccc21. The van der Waals surface area contributed by atoms with E-state index in [0.29, 0.717) is 12.1 Å². The van der Waals surface area contributed by atoms with E-state index in [0.717, 1.165) is 24.4 Å². The van der Waals surface area contributed by atoms with Crippen LogP contribution in [0.2, 0.25) is 0 Å². The van der Waals surface area contributed by atoms with Crippen molar-refractivity contribution in [3.63, 3.8) is 0 Å². The van der Waals surface area contributed by atoms with E-state index in [9.17, 15) is 0 Å². The molecular weight excluding hydrogens is 236 g/mol. The predicted molar refractivity (Wildman–Crippen MR) is 75.4 cm³/mol. The zero-order chi connectivity index (χ0) is 12.8. The van der Waals surface area contributed by atoms with Crippen molar-refractivity contribution < 1.29 is 4.74 Å². The molecule has 0 saturated carbocycles. The molecule has 3 aliphatic rings. The van der Waals surface area contributed by atoms with Gasteiger partial charge in [-0.1, -0.05) is 18.2 Å². The number of hydrogen-bond acceptors (Lipinski definition) is 3. The van der Waals surface area contributed by atoms with Crippen LogP contribution in [0.25, 0.3) is 0 Å². The van der Waals surface area contributed by atoms with Crippen LogP contribution in [0.4, 0.5) is 0 Å². The lowest BCUT2D eigenvalue weighted by molar-refractivity contribution is 0.0595. The molecule has 3 heterocycles. The second-order valence-electron chi connectivity index (χ2n) is 6.15. The van der Waals surface area contributed by atoms with Gasteiger partial charge in [-0.25, -0.2) is 0 Å². The summed E-state index contributed by atoms with van der Waals surface area (Å²) >= 11 is 0. The molecule has 2 saturated heterocycles. The summed E-state index contributed by atoms with van der Waals surface area (Å²) in [7, 11) is 2.10. The van der Waals surface area contributed by atoms with Gasteiger partial charge in [-0.2, -0.15) is 0 Å². The highest BCUT2D eigenvalue weighted by molar-refractivity contribution is 5.39. The summed E-state index contributed by atoms with van der Waals surface area (Å²) in [6.45, 7) is 0.844. The molecule has 3 heteroatoms. The molecule has 0 aromatic heterocycles. The van der Waals surface area contributed by atoms with Gasteiger partial charge in [0, 0.05) is 23.7 Å². The molecule has 3 aliphatic heterocycles. The largest absolute Gasteiger partial charge is 0.491 e. The van der Waals surface area contributed by atoms with E-state index in [1.54, 1.807) is 0 Å². The van der Waals surface area contributed by atoms with Gasteiger partial charge in [-0.3, -0.25) is 4.90 Å². The minimum absolute atomic E-state index is 0.492. The Hall–Kier alpha value is -1.06. The molecule has 102 valence electrons. The summed E-state index contributed by atoms with van der Waals surface area (Å²) in [5.41, 5.74) is 1.40. The molecule has 0 spiro atoms. The highest BCUT2D eigenvalue weighted by atomic mass is 16.5. The Bertz CT molecular complexity index is 462. The fourth-order valence-electron chi connectivity index (χ4n) is 4.35. The molecule has 0 radical (unpaired) electrons. The van der Waals surface area contributed by atoms with Gasteiger partial charge in [0.15, 0.2) is 0 Å². The lowest BCUT2D eigenvalue weighted by Gasteiger charge is -2.42. The topological polar surface area (TPSA) is 24.5 Å². The van der Waals surface area contributed by atoms with Crippen LogP contribution >= 0.6 is 0 Å². The maximum absolute atomic E-state index is 5.88. The van der Waals surface area contributed by atoms with Gasteiger partial charge in [0.2, 0.25) is 0 Å². The zero-order valence-corrected chi connectivity index (χ0v) is 11.5. The first-order valence-corrected chi connectivity index (χ1v) is 7.53. The summed E-state index contributed by atoms with van der Waals surface area (Å²) in [5, 5.41) is 3.48. The molecular formula is C16H22N2O. The van der Waals surface area contributed by atoms with Crippen molar-refractivity contribution in [3.8, 4) is 5.75 Å². The van der Waals surface area contributed by atoms with Gasteiger partial charge in [0.1, 0.15) is 12.4 Å². The van der Waals surface area contributed by atoms with E-state index in [1.165, 1.54) is 31.2 Å². The number of benzene rings is 1. The van der Waals surface area contributed by atoms with Crippen LogP contribution in [0, 0.1) is 0 Å². The van der Waals surface area contributed by atoms with Crippen molar-refractivity contribution >= 4 is 0 Å². The van der Waals surface area contributed by atoms with Gasteiger partial charge in [0.25, 0.3) is 0 Å². The Morgan fingerprint density at radius 3 is 2.63 bits per heavy atom. The Balaban J connectivity index is 1.62. The van der Waals surface area contributed by atoms with Gasteiger partial charge < -0.3 is 10.1 Å². The fraction of sp³-hybridized carbons (Fsp3) is 0.625. The zero-order valence-electron chi connectivity index (χ0n) is 11.5. The Kier molecular flexibility index (Phi) is 2.78. The van der Waals surface area contributed by atoms with E-state index < -0.39 is 0 Å². The minimum atomic E-state index is 0.492. The Labute approximate surface area is 114 Å². The minimum Gasteiger partial charge on any atom is -0.491 e. The first-order valence-electron chi connectivity index (χ1n) is 7.53. The second kappa shape index (κ2) is 4.50. The standard InChI is InChI=1S/C16H22N2O/c1-17-11-8-12-6-7-13(9-11)18(12)15-10-19-16-5-3-2-4-14(15)16/h2-5,11-13,15,17H,6-10H2,1H3. The summed E-state index contributed by atoms with van der Waals surface area (Å²) in [4.78, 5) is 2.76. The molecule has 2 fully saturated rings. The first kappa shape index (κ1) is 11.7. The van der Waals surface area contributed by atoms with E-state index >= 15 is 0 Å². The Morgan fingerprint density at radius 1 is 1.16 bits per heavy atom. The maximum Gasteiger partial charge on any atom is 0.124 e. The van der Waals surface area contributed by atoms with Crippen LogP contribution in [0.5, 0.6) is 5.75 Å². The van der Waals surface area contributed by atoms with Crippen molar-refractivity contribution in [2.75, 3.05) is 13.7 Å². The number of nitrogens with zero attached hydrogens (tertiary/aromatic N) is 1. The van der Waals surface area contributed by atoms with Crippen LogP contribution in [-0.2, 0) is 0 Å². The molecule has 1 N–H and O–H groups in total. The predicted octanol–water partition coefficient (Wildman–Crippen LogP) is 2.33. The lowest BCUT2D eigenvalue weighted by atomic mass is 9.94. The lowest BCUT2D eigenvalue weighted by Crippen LogP contribution is -2.50. The average Bonchev–Trinajstić information content (AvgIpc) is 2.96. The van der Waals surface area contributed by atoms with E-state index in [-0.39, 0.29) is 0 Å². The number of fused-ring (bicyclic) bond motifs is 3. The van der Waals surface area contributed by atoms with E-state index in [4.69, 9.17) is 4.74 Å². The summed E-state index contributed by atoms with van der Waals surface area (Å²) in [5.74, 6) is 1.10. The van der Waals surface area contributed by atoms with Crippen molar-refractivity contribution in [2.24, 2.45) is 0 Å². The van der Waals surface area contributed by atoms with Gasteiger partial charge in [-0.15, -0.1) is 0 Å². The summed E-state index contributed by atoms with van der Waals surface area (Å²) < 4.78 is 5.88. The second-order valence-corrected chi connectivity index (χ2v) is 6.15. The molecule has 1 aromatic carbocycles. The van der Waals surface area contributed by atoms with Crippen LogP contribution in [0.15, 0.2) is 24.3 Å². The van der Waals surface area contributed by atoms with Gasteiger partial charge in [-0.05, 0) is 38.8 Å². The quantitative estimate of drug-likeness (QED) is 0.881. The van der Waals surface area contributed by atoms with Crippen molar-refractivity contribution in [1.29, 1.82) is 0 Å². The highest BCUT2D eigenvalue weighted by Gasteiger charge is 2.45. The van der Waals surface area contributed by atoms with Crippen LogP contribution < -0.4 is 10.1 Å². The molecule has 0 aliphatic carbocycles. The average molecular weight is 258 g/mol. The van der Waals surface area contributed by atoms with Crippen molar-refractivity contribution in [3.05, 3.63) is 29.8 Å². The normalized spacial score (nSPS) is 37.1. The maximum atomic E-state index is 5.88. The fourth-order valence-corrected chi connectivity index (χ4v) is 4.35. The number of piperidine rings is 1. The number of rotatable bonds is 2. The molecule has 1 aromatic rings. The molecule has 2 bridgehead atoms. The third-order valence-corrected chi connectivity index (χ3v) is 5.23. The molecule has 0 amide bonds. The molecule has 3 atom stereocenters. The van der Waals surface area contributed by atoms with Crippen molar-refractivity contribution in [2.45, 2.75) is 49.9 Å². The number of ether oxygens (including phenoxy) is 1. The smallest absolute Gasteiger partial charge is 0.124 e. The van der Waals surface area contributed by atoms with Crippen molar-refractivity contribution in [1.82, 2.24) is 10.2 Å². The highest BCUT2D eigenvalue weighted by Crippen LogP contribution is 2.45. The van der Waals surface area contributed by atoms with E-state index in [2.05, 4.69) is 41.5 Å². The van der Waals surface area contributed by atoms with Crippen LogP contribution in [-0.4, -0.2) is 36.7 Å². The number of hydrogen-bond donors (Lipinski definition) is 1. The molecule has 19 heavy (non-hydrogen) atoms. The summed E-state index contributed by atoms with van der Waals surface area (Å²) in [6.07, 6.45) is 5.32. The van der Waals surface area contributed by atoms with Crippen LogP contribution in [0.3, 0.4) is 0 Å². The monoisotopic (exact) mass is 258 g/mol. The Morgan fingerprint density at radius 2 is 1.89 bits per heavy atom. The number of nitrogens with one attached hydrogen (secondary N) is 1. The summed E-state index contributed by atoms with van der Waals surface area (Å²) in [6, 6.07) is 11.3. The van der Waals surface area contributed by atoms with Gasteiger partial charge >= 0.3 is 0 Å². The van der Waals surface area contributed by atoms with Crippen LogP contribution in [0.1, 0.15) is 37.3 Å². The third-order valence-electron chi connectivity index (χ3n) is 5.23. The van der Waals surface area contributed by atoms with Gasteiger partial charge in [0.05, 0.1) is 6.04 Å². The number of para-hydroxylation sites is 1. The molecule has 3 unspecified atom stereocenters. The molecule has 4 rings (SSSR count).